The SMILES string of the molecule is OC[C@H]1O[C@H](O/C=C/c2ccc(C#C[C@H]3O[C@H](CO)[C@@H](O)[C@H](O)[C@@H]3O)cc2)[C@@H](O)[C@@H](O)[C@@H]1O. The highest BCUT2D eigenvalue weighted by molar-refractivity contribution is 5.50. The first kappa shape index (κ1) is 25.5. The van der Waals surface area contributed by atoms with Crippen LogP contribution in [0.25, 0.3) is 6.08 Å². The maximum atomic E-state index is 10.0. The molecule has 11 nitrogen and oxygen atoms in total. The van der Waals surface area contributed by atoms with Gasteiger partial charge in [0.15, 0.2) is 0 Å². The quantitative estimate of drug-likeness (QED) is 0.159. The van der Waals surface area contributed by atoms with Crippen LogP contribution in [0.5, 0.6) is 0 Å². The summed E-state index contributed by atoms with van der Waals surface area (Å²) in [6.45, 7) is -1.09. The highest BCUT2D eigenvalue weighted by Gasteiger charge is 2.44. The number of benzene rings is 1. The second kappa shape index (κ2) is 11.4. The first-order valence-electron chi connectivity index (χ1n) is 10.3. The molecule has 0 aliphatic carbocycles. The summed E-state index contributed by atoms with van der Waals surface area (Å²) in [5.41, 5.74) is 1.26. The van der Waals surface area contributed by atoms with Gasteiger partial charge < -0.3 is 55.1 Å². The van der Waals surface area contributed by atoms with E-state index in [-0.39, 0.29) is 0 Å². The average Bonchev–Trinajstić information content (AvgIpc) is 2.83. The molecule has 2 aliphatic rings. The molecule has 0 spiro atoms. The van der Waals surface area contributed by atoms with Crippen molar-refractivity contribution in [3.63, 3.8) is 0 Å². The van der Waals surface area contributed by atoms with Crippen LogP contribution in [0.15, 0.2) is 30.5 Å². The zero-order chi connectivity index (χ0) is 24.1. The third-order valence-corrected chi connectivity index (χ3v) is 5.48. The third-order valence-electron chi connectivity index (χ3n) is 5.48. The van der Waals surface area contributed by atoms with E-state index >= 15 is 0 Å². The van der Waals surface area contributed by atoms with Gasteiger partial charge in [-0.2, -0.15) is 0 Å². The summed E-state index contributed by atoms with van der Waals surface area (Å²) in [6.07, 6.45) is -10.6. The van der Waals surface area contributed by atoms with E-state index in [1.165, 1.54) is 6.26 Å². The van der Waals surface area contributed by atoms with Crippen molar-refractivity contribution >= 4 is 6.08 Å². The Labute approximate surface area is 189 Å². The Kier molecular flexibility index (Phi) is 8.80. The van der Waals surface area contributed by atoms with Gasteiger partial charge in [-0.25, -0.2) is 0 Å². The molecule has 182 valence electrons. The minimum absolute atomic E-state index is 0.532. The lowest BCUT2D eigenvalue weighted by Gasteiger charge is -2.39. The van der Waals surface area contributed by atoms with E-state index < -0.39 is 74.4 Å². The number of rotatable bonds is 5. The van der Waals surface area contributed by atoms with Gasteiger partial charge in [-0.15, -0.1) is 0 Å². The first-order chi connectivity index (χ1) is 15.8. The molecule has 33 heavy (non-hydrogen) atoms. The Hall–Kier alpha value is -2.08. The summed E-state index contributed by atoms with van der Waals surface area (Å²) in [5.74, 6) is 5.47. The molecule has 10 atom stereocenters. The second-order valence-corrected chi connectivity index (χ2v) is 7.78. The number of aliphatic hydroxyl groups is 8. The van der Waals surface area contributed by atoms with E-state index in [0.717, 1.165) is 0 Å². The van der Waals surface area contributed by atoms with Gasteiger partial charge in [0, 0.05) is 5.56 Å². The predicted molar refractivity (Wildman–Crippen MR) is 111 cm³/mol. The van der Waals surface area contributed by atoms with Gasteiger partial charge in [-0.3, -0.25) is 0 Å². The molecule has 0 radical (unpaired) electrons. The lowest BCUT2D eigenvalue weighted by molar-refractivity contribution is -0.287. The van der Waals surface area contributed by atoms with Crippen LogP contribution < -0.4 is 0 Å². The average molecular weight is 468 g/mol. The third kappa shape index (κ3) is 5.89. The smallest absolute Gasteiger partial charge is 0.228 e. The lowest BCUT2D eigenvalue weighted by Crippen LogP contribution is -2.58. The van der Waals surface area contributed by atoms with Crippen LogP contribution in [0.1, 0.15) is 11.1 Å². The molecule has 3 rings (SSSR count). The molecule has 1 aromatic rings. The molecule has 0 unspecified atom stereocenters. The van der Waals surface area contributed by atoms with Crippen molar-refractivity contribution in [2.24, 2.45) is 0 Å². The Bertz CT molecular complexity index is 844. The number of hydrogen-bond donors (Lipinski definition) is 8. The van der Waals surface area contributed by atoms with Crippen molar-refractivity contribution in [3.8, 4) is 11.8 Å². The van der Waals surface area contributed by atoms with Gasteiger partial charge in [0.25, 0.3) is 0 Å². The fourth-order valence-electron chi connectivity index (χ4n) is 3.43. The van der Waals surface area contributed by atoms with Gasteiger partial charge in [0.1, 0.15) is 54.9 Å². The molecular formula is C22H28O11. The minimum atomic E-state index is -1.53. The van der Waals surface area contributed by atoms with Crippen molar-refractivity contribution in [2.75, 3.05) is 13.2 Å². The maximum Gasteiger partial charge on any atom is 0.228 e. The van der Waals surface area contributed by atoms with Crippen molar-refractivity contribution in [2.45, 2.75) is 61.2 Å². The molecule has 2 fully saturated rings. The number of ether oxygens (including phenoxy) is 3. The summed E-state index contributed by atoms with van der Waals surface area (Å²) < 4.78 is 15.9. The Balaban J connectivity index is 1.58. The molecule has 0 aromatic heterocycles. The predicted octanol–water partition coefficient (Wildman–Crippen LogP) is -3.33. The van der Waals surface area contributed by atoms with Crippen molar-refractivity contribution in [1.29, 1.82) is 0 Å². The summed E-state index contributed by atoms with van der Waals surface area (Å²) in [5, 5.41) is 77.5. The fourth-order valence-corrected chi connectivity index (χ4v) is 3.43. The molecule has 0 saturated carbocycles. The highest BCUT2D eigenvalue weighted by Crippen LogP contribution is 2.23. The van der Waals surface area contributed by atoms with Crippen LogP contribution >= 0.6 is 0 Å². The van der Waals surface area contributed by atoms with Crippen molar-refractivity contribution in [1.82, 2.24) is 0 Å². The van der Waals surface area contributed by atoms with Gasteiger partial charge in [0.2, 0.25) is 6.29 Å². The Morgan fingerprint density at radius 1 is 0.758 bits per heavy atom. The molecule has 11 heteroatoms. The summed E-state index contributed by atoms with van der Waals surface area (Å²) in [7, 11) is 0. The number of aliphatic hydroxyl groups excluding tert-OH is 8. The van der Waals surface area contributed by atoms with Crippen LogP contribution in [-0.4, -0.2) is 115 Å². The zero-order valence-corrected chi connectivity index (χ0v) is 17.5. The summed E-state index contributed by atoms with van der Waals surface area (Å²) in [6, 6.07) is 6.74. The molecule has 2 heterocycles. The standard InChI is InChI=1S/C22H28O11/c23-9-14-17(26)19(28)16(25)13(32-14)6-5-11-1-3-12(4-2-11)7-8-31-22-21(30)20(29)18(27)15(10-24)33-22/h1-4,7-8,13-30H,9-10H2/b8-7+/t13-,14-,15-,16-,17-,18-,19-,20+,21+,22+/m1/s1. The molecule has 8 N–H and O–H groups in total. The van der Waals surface area contributed by atoms with Gasteiger partial charge in [-0.1, -0.05) is 24.0 Å². The van der Waals surface area contributed by atoms with Crippen LogP contribution in [0.4, 0.5) is 0 Å². The Morgan fingerprint density at radius 2 is 1.33 bits per heavy atom. The van der Waals surface area contributed by atoms with Crippen LogP contribution in [0.2, 0.25) is 0 Å². The van der Waals surface area contributed by atoms with Crippen LogP contribution in [-0.2, 0) is 14.2 Å². The maximum absolute atomic E-state index is 10.0. The van der Waals surface area contributed by atoms with E-state index in [9.17, 15) is 40.9 Å². The largest absolute Gasteiger partial charge is 0.470 e. The fraction of sp³-hybridized carbons (Fsp3) is 0.545. The van der Waals surface area contributed by atoms with E-state index in [1.807, 2.05) is 0 Å². The minimum Gasteiger partial charge on any atom is -0.470 e. The summed E-state index contributed by atoms with van der Waals surface area (Å²) >= 11 is 0. The molecular weight excluding hydrogens is 440 g/mol. The highest BCUT2D eigenvalue weighted by atomic mass is 16.7. The first-order valence-corrected chi connectivity index (χ1v) is 10.3. The van der Waals surface area contributed by atoms with Gasteiger partial charge in [0.05, 0.1) is 19.5 Å². The molecule has 2 aliphatic heterocycles. The zero-order valence-electron chi connectivity index (χ0n) is 17.5. The van der Waals surface area contributed by atoms with E-state index in [1.54, 1.807) is 30.3 Å². The van der Waals surface area contributed by atoms with Crippen LogP contribution in [0.3, 0.4) is 0 Å². The molecule has 0 bridgehead atoms. The lowest BCUT2D eigenvalue weighted by atomic mass is 9.95. The molecule has 0 amide bonds. The molecule has 2 saturated heterocycles. The van der Waals surface area contributed by atoms with Crippen LogP contribution in [0, 0.1) is 11.8 Å². The monoisotopic (exact) mass is 468 g/mol. The van der Waals surface area contributed by atoms with Crippen molar-refractivity contribution < 1.29 is 55.1 Å². The summed E-state index contributed by atoms with van der Waals surface area (Å²) in [4.78, 5) is 0. The second-order valence-electron chi connectivity index (χ2n) is 7.78. The van der Waals surface area contributed by atoms with Gasteiger partial charge in [-0.05, 0) is 23.8 Å². The normalized spacial score (nSPS) is 39.2. The van der Waals surface area contributed by atoms with E-state index in [0.29, 0.717) is 11.1 Å². The van der Waals surface area contributed by atoms with E-state index in [2.05, 4.69) is 11.8 Å². The topological polar surface area (TPSA) is 190 Å². The van der Waals surface area contributed by atoms with Gasteiger partial charge >= 0.3 is 0 Å². The molecule has 1 aromatic carbocycles. The number of hydrogen-bond acceptors (Lipinski definition) is 11. The van der Waals surface area contributed by atoms with Crippen molar-refractivity contribution in [3.05, 3.63) is 41.7 Å². The Morgan fingerprint density at radius 3 is 1.94 bits per heavy atom. The van der Waals surface area contributed by atoms with E-state index in [4.69, 9.17) is 14.2 Å².